The van der Waals surface area contributed by atoms with Crippen LogP contribution < -0.4 is 10.9 Å². The summed E-state index contributed by atoms with van der Waals surface area (Å²) in [5.41, 5.74) is 1.95. The van der Waals surface area contributed by atoms with Gasteiger partial charge in [0.25, 0.3) is 11.6 Å². The lowest BCUT2D eigenvalue weighted by Crippen LogP contribution is -2.25. The molecule has 0 spiro atoms. The Hall–Kier alpha value is -3.92. The molecular weight excluding hydrogens is 454 g/mol. The molecule has 1 aromatic carbocycles. The van der Waals surface area contributed by atoms with Crippen LogP contribution in [0.2, 0.25) is 0 Å². The minimum Gasteiger partial charge on any atom is -0.384 e. The number of halogens is 2. The van der Waals surface area contributed by atoms with Gasteiger partial charge in [-0.1, -0.05) is 30.7 Å². The highest BCUT2D eigenvalue weighted by atomic mass is 19.3. The van der Waals surface area contributed by atoms with Crippen molar-refractivity contribution in [1.29, 1.82) is 0 Å². The Balaban J connectivity index is 1.69. The molecular formula is C25H24F2N6O2. The molecule has 0 fully saturated rings. The van der Waals surface area contributed by atoms with Gasteiger partial charge in [-0.05, 0) is 49.9 Å². The third kappa shape index (κ3) is 4.10. The van der Waals surface area contributed by atoms with Crippen LogP contribution in [0.4, 0.5) is 20.4 Å². The summed E-state index contributed by atoms with van der Waals surface area (Å²) >= 11 is 0. The molecule has 0 bridgehead atoms. The Labute approximate surface area is 199 Å². The van der Waals surface area contributed by atoms with Crippen molar-refractivity contribution in [1.82, 2.24) is 24.3 Å². The molecule has 10 heteroatoms. The van der Waals surface area contributed by atoms with Crippen LogP contribution in [0.15, 0.2) is 59.5 Å². The molecule has 1 atom stereocenters. The number of anilines is 2. The highest BCUT2D eigenvalue weighted by Gasteiger charge is 2.37. The summed E-state index contributed by atoms with van der Waals surface area (Å²) in [6.07, 6.45) is 1.86. The molecule has 2 N–H and O–H groups in total. The van der Waals surface area contributed by atoms with Crippen molar-refractivity contribution in [3.8, 4) is 5.82 Å². The van der Waals surface area contributed by atoms with Crippen LogP contribution in [0, 0.1) is 6.92 Å². The van der Waals surface area contributed by atoms with Crippen LogP contribution in [0.1, 0.15) is 36.6 Å². The van der Waals surface area contributed by atoms with Gasteiger partial charge in [0.1, 0.15) is 11.0 Å². The van der Waals surface area contributed by atoms with E-state index >= 15 is 0 Å². The van der Waals surface area contributed by atoms with Gasteiger partial charge >= 0.3 is 0 Å². The number of nitrogens with zero attached hydrogens (tertiary/aromatic N) is 5. The summed E-state index contributed by atoms with van der Waals surface area (Å²) in [5, 5.41) is 14.3. The lowest BCUT2D eigenvalue weighted by molar-refractivity contribution is 0.0306. The van der Waals surface area contributed by atoms with E-state index in [-0.39, 0.29) is 23.5 Å². The Morgan fingerprint density at radius 3 is 2.69 bits per heavy atom. The number of hydrogen-bond acceptors (Lipinski definition) is 6. The van der Waals surface area contributed by atoms with E-state index in [0.29, 0.717) is 36.9 Å². The van der Waals surface area contributed by atoms with E-state index in [1.165, 1.54) is 10.9 Å². The van der Waals surface area contributed by atoms with Gasteiger partial charge in [-0.15, -0.1) is 0 Å². The molecule has 3 aromatic heterocycles. The van der Waals surface area contributed by atoms with E-state index in [1.807, 2.05) is 44.2 Å². The zero-order chi connectivity index (χ0) is 24.7. The van der Waals surface area contributed by atoms with E-state index < -0.39 is 17.2 Å². The van der Waals surface area contributed by atoms with E-state index in [4.69, 9.17) is 0 Å². The molecule has 4 aromatic rings. The van der Waals surface area contributed by atoms with Gasteiger partial charge in [-0.2, -0.15) is 13.8 Å². The smallest absolute Gasteiger partial charge is 0.278 e. The molecule has 0 saturated heterocycles. The Morgan fingerprint density at radius 2 is 1.97 bits per heavy atom. The highest BCUT2D eigenvalue weighted by molar-refractivity contribution is 5.77. The van der Waals surface area contributed by atoms with Gasteiger partial charge < -0.3 is 10.4 Å². The topological polar surface area (TPSA) is 97.9 Å². The number of aliphatic hydroxyl groups is 1. The molecule has 0 unspecified atom stereocenters. The van der Waals surface area contributed by atoms with Crippen LogP contribution in [0.3, 0.4) is 0 Å². The van der Waals surface area contributed by atoms with Gasteiger partial charge in [-0.3, -0.25) is 4.79 Å². The zero-order valence-electron chi connectivity index (χ0n) is 19.3. The number of benzene rings is 1. The molecule has 0 amide bonds. The number of fused-ring (bicyclic) bond motifs is 2. The van der Waals surface area contributed by atoms with E-state index in [1.54, 1.807) is 6.07 Å². The van der Waals surface area contributed by atoms with Crippen molar-refractivity contribution < 1.29 is 13.9 Å². The number of rotatable bonds is 6. The van der Waals surface area contributed by atoms with Gasteiger partial charge in [0.15, 0.2) is 11.5 Å². The second-order valence-corrected chi connectivity index (χ2v) is 8.68. The molecule has 1 aliphatic rings. The molecule has 5 rings (SSSR count). The van der Waals surface area contributed by atoms with Crippen LogP contribution >= 0.6 is 0 Å². The molecule has 0 radical (unpaired) electrons. The van der Waals surface area contributed by atoms with Crippen molar-refractivity contribution in [2.24, 2.45) is 0 Å². The Bertz CT molecular complexity index is 1510. The largest absolute Gasteiger partial charge is 0.384 e. The van der Waals surface area contributed by atoms with Gasteiger partial charge in [-0.25, -0.2) is 19.3 Å². The Kier molecular flexibility index (Phi) is 5.68. The number of aromatic nitrogens is 5. The fourth-order valence-corrected chi connectivity index (χ4v) is 4.41. The van der Waals surface area contributed by atoms with E-state index in [9.17, 15) is 18.7 Å². The van der Waals surface area contributed by atoms with Crippen LogP contribution in [0.25, 0.3) is 16.9 Å². The quantitative estimate of drug-likeness (QED) is 0.428. The third-order valence-electron chi connectivity index (χ3n) is 6.42. The maximum Gasteiger partial charge on any atom is 0.278 e. The second-order valence-electron chi connectivity index (χ2n) is 8.68. The Morgan fingerprint density at radius 1 is 1.20 bits per heavy atom. The van der Waals surface area contributed by atoms with E-state index in [2.05, 4.69) is 20.3 Å². The predicted octanol–water partition coefficient (Wildman–Crippen LogP) is 4.35. The average Bonchev–Trinajstić information content (AvgIpc) is 3.33. The van der Waals surface area contributed by atoms with Crippen molar-refractivity contribution >= 4 is 22.7 Å². The summed E-state index contributed by atoms with van der Waals surface area (Å²) in [6, 6.07) is 11.2. The summed E-state index contributed by atoms with van der Waals surface area (Å²) in [5.74, 6) is 0.544. The van der Waals surface area contributed by atoms with Crippen molar-refractivity contribution in [2.75, 3.05) is 5.32 Å². The molecule has 3 heterocycles. The van der Waals surface area contributed by atoms with Gasteiger partial charge in [0.2, 0.25) is 5.95 Å². The molecule has 0 aliphatic heterocycles. The summed E-state index contributed by atoms with van der Waals surface area (Å²) in [4.78, 5) is 26.6. The number of allylic oxidation sites excluding steroid dienone is 1. The summed E-state index contributed by atoms with van der Waals surface area (Å²) in [6.45, 7) is 3.48. The lowest BCUT2D eigenvalue weighted by Gasteiger charge is -2.21. The normalized spacial score (nSPS) is 16.9. The van der Waals surface area contributed by atoms with Crippen LogP contribution in [0.5, 0.6) is 0 Å². The predicted molar refractivity (Wildman–Crippen MR) is 128 cm³/mol. The lowest BCUT2D eigenvalue weighted by atomic mass is 9.98. The standard InChI is InChI=1S/C25H24F2N6O2/c1-3-25(35)12-10-16-6-9-20(30-21(16)25)33-22-18(23(34)32(33)13-11-19(26)27)14-28-24(31-22)29-17-7-4-15(2)5-8-17/h4-9,11,14,35H,3,10,12-13H2,1-2H3,(H,28,29,31)/t25-/m1/s1. The third-order valence-corrected chi connectivity index (χ3v) is 6.42. The number of aryl methyl sites for hydroxylation is 2. The molecule has 35 heavy (non-hydrogen) atoms. The fraction of sp³-hybridized carbons (Fsp3) is 0.280. The van der Waals surface area contributed by atoms with Crippen molar-refractivity contribution in [3.63, 3.8) is 0 Å². The van der Waals surface area contributed by atoms with Crippen LogP contribution in [-0.2, 0) is 18.6 Å². The van der Waals surface area contributed by atoms with Crippen molar-refractivity contribution in [3.05, 3.63) is 81.9 Å². The average molecular weight is 479 g/mol. The molecule has 180 valence electrons. The van der Waals surface area contributed by atoms with Gasteiger partial charge in [0, 0.05) is 18.0 Å². The first-order valence-corrected chi connectivity index (χ1v) is 11.4. The SMILES string of the molecule is CC[C@@]1(O)CCc2ccc(-n3c4nc(Nc5ccc(C)cc5)ncc4c(=O)n3CC=C(F)F)nc21. The first-order chi connectivity index (χ1) is 16.8. The number of nitrogens with one attached hydrogen (secondary N) is 1. The molecule has 0 saturated carbocycles. The highest BCUT2D eigenvalue weighted by Crippen LogP contribution is 2.38. The summed E-state index contributed by atoms with van der Waals surface area (Å²) < 4.78 is 28.5. The summed E-state index contributed by atoms with van der Waals surface area (Å²) in [7, 11) is 0. The van der Waals surface area contributed by atoms with Crippen molar-refractivity contribution in [2.45, 2.75) is 45.3 Å². The zero-order valence-corrected chi connectivity index (χ0v) is 19.3. The van der Waals surface area contributed by atoms with Gasteiger partial charge in [0.05, 0.1) is 12.2 Å². The number of pyridine rings is 1. The fourth-order valence-electron chi connectivity index (χ4n) is 4.41. The number of hydrogen-bond donors (Lipinski definition) is 2. The monoisotopic (exact) mass is 478 g/mol. The second kappa shape index (κ2) is 8.70. The molecule has 1 aliphatic carbocycles. The first kappa shape index (κ1) is 22.9. The maximum atomic E-state index is 13.1. The van der Waals surface area contributed by atoms with E-state index in [0.717, 1.165) is 21.5 Å². The minimum absolute atomic E-state index is 0.167. The molecule has 8 nitrogen and oxygen atoms in total. The van der Waals surface area contributed by atoms with Crippen LogP contribution in [-0.4, -0.2) is 29.4 Å². The maximum absolute atomic E-state index is 13.1. The first-order valence-electron chi connectivity index (χ1n) is 11.4. The minimum atomic E-state index is -1.90.